The van der Waals surface area contributed by atoms with Crippen molar-refractivity contribution in [3.63, 3.8) is 0 Å². The van der Waals surface area contributed by atoms with Gasteiger partial charge in [-0.2, -0.15) is 4.31 Å². The first-order valence-corrected chi connectivity index (χ1v) is 9.32. The maximum Gasteiger partial charge on any atom is 0.243 e. The van der Waals surface area contributed by atoms with Gasteiger partial charge in [0.05, 0.1) is 4.90 Å². The van der Waals surface area contributed by atoms with Crippen LogP contribution < -0.4 is 4.90 Å². The van der Waals surface area contributed by atoms with E-state index in [1.807, 2.05) is 4.90 Å². The highest BCUT2D eigenvalue weighted by molar-refractivity contribution is 7.89. The summed E-state index contributed by atoms with van der Waals surface area (Å²) in [5.74, 6) is 0.690. The zero-order valence-electron chi connectivity index (χ0n) is 13.6. The Bertz CT molecular complexity index is 995. The summed E-state index contributed by atoms with van der Waals surface area (Å²) < 4.78 is 28.5. The zero-order valence-corrected chi connectivity index (χ0v) is 14.5. The average Bonchev–Trinajstić information content (AvgIpc) is 3.04. The van der Waals surface area contributed by atoms with Crippen molar-refractivity contribution in [3.05, 3.63) is 36.7 Å². The summed E-state index contributed by atoms with van der Waals surface area (Å²) in [6.45, 7) is 1.86. The van der Waals surface area contributed by atoms with Gasteiger partial charge in [-0.25, -0.2) is 23.1 Å². The van der Waals surface area contributed by atoms with Gasteiger partial charge in [0.1, 0.15) is 6.33 Å². The smallest absolute Gasteiger partial charge is 0.243 e. The second-order valence-corrected chi connectivity index (χ2v) is 7.72. The number of hydrogen-bond donors (Lipinski definition) is 0. The van der Waals surface area contributed by atoms with Crippen LogP contribution >= 0.6 is 0 Å². The monoisotopic (exact) mass is 359 g/mol. The highest BCUT2D eigenvalue weighted by atomic mass is 32.2. The number of anilines is 1. The number of fused-ring (bicyclic) bond motifs is 1. The van der Waals surface area contributed by atoms with E-state index in [2.05, 4.69) is 20.3 Å². The fourth-order valence-corrected chi connectivity index (χ4v) is 4.40. The lowest BCUT2D eigenvalue weighted by molar-refractivity contribution is 0.384. The van der Waals surface area contributed by atoms with E-state index in [1.165, 1.54) is 10.6 Å². The molecule has 9 nitrogen and oxygen atoms in total. The molecule has 0 N–H and O–H groups in total. The molecule has 1 fully saturated rings. The van der Waals surface area contributed by atoms with Crippen molar-refractivity contribution >= 4 is 27.0 Å². The summed E-state index contributed by atoms with van der Waals surface area (Å²) in [5.41, 5.74) is 1.29. The largest absolute Gasteiger partial charge is 0.352 e. The predicted molar refractivity (Wildman–Crippen MR) is 91.5 cm³/mol. The Morgan fingerprint density at radius 1 is 1.00 bits per heavy atom. The first-order valence-electron chi connectivity index (χ1n) is 7.88. The summed E-state index contributed by atoms with van der Waals surface area (Å²) in [4.78, 5) is 10.8. The molecule has 1 aliphatic heterocycles. The lowest BCUT2D eigenvalue weighted by Gasteiger charge is -2.34. The minimum absolute atomic E-state index is 0.321. The van der Waals surface area contributed by atoms with Crippen molar-refractivity contribution in [3.8, 4) is 0 Å². The van der Waals surface area contributed by atoms with Crippen molar-refractivity contribution in [1.82, 2.24) is 29.3 Å². The van der Waals surface area contributed by atoms with E-state index in [4.69, 9.17) is 0 Å². The van der Waals surface area contributed by atoms with Crippen LogP contribution in [-0.2, 0) is 17.1 Å². The molecular formula is C15H17N7O2S. The maximum absolute atomic E-state index is 12.7. The number of sulfonamides is 1. The molecule has 4 rings (SSSR count). The lowest BCUT2D eigenvalue weighted by atomic mass is 10.3. The molecule has 130 valence electrons. The molecule has 3 aromatic rings. The number of piperazine rings is 1. The van der Waals surface area contributed by atoms with Crippen LogP contribution in [0.3, 0.4) is 0 Å². The minimum atomic E-state index is -3.46. The predicted octanol–water partition coefficient (Wildman–Crippen LogP) is 0.269. The van der Waals surface area contributed by atoms with Crippen molar-refractivity contribution in [2.24, 2.45) is 7.05 Å². The molecule has 3 heterocycles. The van der Waals surface area contributed by atoms with Gasteiger partial charge in [0.15, 0.2) is 17.0 Å². The van der Waals surface area contributed by atoms with E-state index < -0.39 is 10.0 Å². The van der Waals surface area contributed by atoms with Crippen LogP contribution in [0.15, 0.2) is 41.6 Å². The molecule has 0 saturated carbocycles. The molecule has 0 aliphatic carbocycles. The first-order chi connectivity index (χ1) is 12.1. The summed E-state index contributed by atoms with van der Waals surface area (Å²) in [6, 6.07) is 8.51. The van der Waals surface area contributed by atoms with Crippen LogP contribution in [0, 0.1) is 0 Å². The molecule has 1 aromatic carbocycles. The van der Waals surface area contributed by atoms with Crippen molar-refractivity contribution in [2.75, 3.05) is 31.1 Å². The average molecular weight is 359 g/mol. The Hall–Kier alpha value is -2.59. The normalized spacial score (nSPS) is 16.4. The SMILES string of the molecule is Cn1nnc2c(N3CCN(S(=O)(=O)c4ccccc4)CC3)ncnc21. The highest BCUT2D eigenvalue weighted by Crippen LogP contribution is 2.23. The Kier molecular flexibility index (Phi) is 3.85. The van der Waals surface area contributed by atoms with Crippen LogP contribution in [0.1, 0.15) is 0 Å². The third-order valence-corrected chi connectivity index (χ3v) is 6.20. The van der Waals surface area contributed by atoms with E-state index in [0.29, 0.717) is 48.1 Å². The molecule has 0 spiro atoms. The third kappa shape index (κ3) is 2.72. The van der Waals surface area contributed by atoms with Crippen molar-refractivity contribution < 1.29 is 8.42 Å². The summed E-state index contributed by atoms with van der Waals surface area (Å²) >= 11 is 0. The summed E-state index contributed by atoms with van der Waals surface area (Å²) in [5, 5.41) is 8.10. The molecular weight excluding hydrogens is 342 g/mol. The summed E-state index contributed by atoms with van der Waals surface area (Å²) in [7, 11) is -1.69. The van der Waals surface area contributed by atoms with Gasteiger partial charge in [0.2, 0.25) is 10.0 Å². The van der Waals surface area contributed by atoms with Gasteiger partial charge in [0, 0.05) is 33.2 Å². The molecule has 0 atom stereocenters. The molecule has 0 bridgehead atoms. The van der Waals surface area contributed by atoms with Gasteiger partial charge in [-0.15, -0.1) is 5.10 Å². The Balaban J connectivity index is 1.55. The Labute approximate surface area is 145 Å². The molecule has 0 radical (unpaired) electrons. The second-order valence-electron chi connectivity index (χ2n) is 5.79. The molecule has 1 aliphatic rings. The Morgan fingerprint density at radius 2 is 1.72 bits per heavy atom. The quantitative estimate of drug-likeness (QED) is 0.662. The fraction of sp³-hybridized carbons (Fsp3) is 0.333. The van der Waals surface area contributed by atoms with Crippen LogP contribution in [0.2, 0.25) is 0 Å². The Morgan fingerprint density at radius 3 is 2.44 bits per heavy atom. The van der Waals surface area contributed by atoms with Crippen molar-refractivity contribution in [1.29, 1.82) is 0 Å². The number of aryl methyl sites for hydroxylation is 1. The second kappa shape index (κ2) is 6.05. The molecule has 10 heteroatoms. The molecule has 0 unspecified atom stereocenters. The van der Waals surface area contributed by atoms with Crippen LogP contribution in [0.25, 0.3) is 11.2 Å². The van der Waals surface area contributed by atoms with Gasteiger partial charge in [-0.3, -0.25) is 0 Å². The number of benzene rings is 1. The number of hydrogen-bond acceptors (Lipinski definition) is 7. The van der Waals surface area contributed by atoms with E-state index in [0.717, 1.165) is 0 Å². The van der Waals surface area contributed by atoms with Crippen LogP contribution in [0.5, 0.6) is 0 Å². The van der Waals surface area contributed by atoms with E-state index in [9.17, 15) is 8.42 Å². The van der Waals surface area contributed by atoms with Gasteiger partial charge in [-0.1, -0.05) is 23.4 Å². The van der Waals surface area contributed by atoms with Crippen LogP contribution in [0.4, 0.5) is 5.82 Å². The number of nitrogens with zero attached hydrogens (tertiary/aromatic N) is 7. The number of rotatable bonds is 3. The highest BCUT2D eigenvalue weighted by Gasteiger charge is 2.29. The molecule has 0 amide bonds. The fourth-order valence-electron chi connectivity index (χ4n) is 2.95. The van der Waals surface area contributed by atoms with Gasteiger partial charge in [0.25, 0.3) is 0 Å². The zero-order chi connectivity index (χ0) is 17.4. The lowest BCUT2D eigenvalue weighted by Crippen LogP contribution is -2.49. The molecule has 25 heavy (non-hydrogen) atoms. The third-order valence-electron chi connectivity index (χ3n) is 4.29. The summed E-state index contributed by atoms with van der Waals surface area (Å²) in [6.07, 6.45) is 1.48. The van der Waals surface area contributed by atoms with Crippen LogP contribution in [-0.4, -0.2) is 63.9 Å². The molecule has 1 saturated heterocycles. The number of aromatic nitrogens is 5. The maximum atomic E-state index is 12.7. The van der Waals surface area contributed by atoms with E-state index in [-0.39, 0.29) is 0 Å². The van der Waals surface area contributed by atoms with Gasteiger partial charge >= 0.3 is 0 Å². The van der Waals surface area contributed by atoms with E-state index in [1.54, 1.807) is 42.1 Å². The molecule has 2 aromatic heterocycles. The first kappa shape index (κ1) is 15.9. The minimum Gasteiger partial charge on any atom is -0.352 e. The van der Waals surface area contributed by atoms with Gasteiger partial charge in [-0.05, 0) is 12.1 Å². The van der Waals surface area contributed by atoms with Gasteiger partial charge < -0.3 is 4.90 Å². The topological polar surface area (TPSA) is 97.1 Å². The van der Waals surface area contributed by atoms with E-state index >= 15 is 0 Å². The van der Waals surface area contributed by atoms with Crippen molar-refractivity contribution in [2.45, 2.75) is 4.90 Å². The standard InChI is InChI=1S/C15H17N7O2S/c1-20-14-13(18-19-20)15(17-11-16-14)21-7-9-22(10-8-21)25(23,24)12-5-3-2-4-6-12/h2-6,11H,7-10H2,1H3.